The third kappa shape index (κ3) is 5.92. The summed E-state index contributed by atoms with van der Waals surface area (Å²) in [5.41, 5.74) is 0. The maximum atomic E-state index is 12.0. The maximum Gasteiger partial charge on any atom is 0.317 e. The number of carbonyl (C=O) groups is 2. The van der Waals surface area contributed by atoms with E-state index >= 15 is 0 Å². The van der Waals surface area contributed by atoms with Crippen molar-refractivity contribution in [2.24, 2.45) is 5.92 Å². The number of carboxylic acids is 1. The lowest BCUT2D eigenvalue weighted by Gasteiger charge is -2.21. The lowest BCUT2D eigenvalue weighted by Crippen LogP contribution is -2.43. The molecule has 0 spiro atoms. The zero-order valence-electron chi connectivity index (χ0n) is 11.7. The number of carboxylic acid groups (broad SMARTS) is 1. The Morgan fingerprint density at radius 1 is 1.53 bits per heavy atom. The van der Waals surface area contributed by atoms with E-state index in [1.54, 1.807) is 12.0 Å². The second-order valence-electron chi connectivity index (χ2n) is 5.19. The fourth-order valence-corrected chi connectivity index (χ4v) is 2.32. The molecule has 0 aromatic carbocycles. The zero-order chi connectivity index (χ0) is 14.3. The number of likely N-dealkylation sites (tertiary alicyclic amines) is 1. The largest absolute Gasteiger partial charge is 0.481 e. The summed E-state index contributed by atoms with van der Waals surface area (Å²) in [6.07, 6.45) is 2.41. The molecule has 2 unspecified atom stereocenters. The van der Waals surface area contributed by atoms with E-state index < -0.39 is 5.97 Å². The highest BCUT2D eigenvalue weighted by atomic mass is 16.5. The molecule has 0 saturated carbocycles. The first-order valence-corrected chi connectivity index (χ1v) is 6.79. The van der Waals surface area contributed by atoms with Gasteiger partial charge >= 0.3 is 12.0 Å². The average Bonchev–Trinajstić information content (AvgIpc) is 2.77. The van der Waals surface area contributed by atoms with E-state index in [-0.39, 0.29) is 18.5 Å². The Bertz CT molecular complexity index is 309. The van der Waals surface area contributed by atoms with Crippen LogP contribution in [-0.4, -0.2) is 54.9 Å². The lowest BCUT2D eigenvalue weighted by molar-refractivity contribution is -0.137. The molecule has 1 heterocycles. The SMILES string of the molecule is COCC1CCN(C(=O)NC(C)CCCC(=O)O)C1. The van der Waals surface area contributed by atoms with Gasteiger partial charge in [0.1, 0.15) is 0 Å². The molecular formula is C13H24N2O4. The fraction of sp³-hybridized carbons (Fsp3) is 0.846. The van der Waals surface area contributed by atoms with Crippen LogP contribution >= 0.6 is 0 Å². The number of amides is 2. The van der Waals surface area contributed by atoms with Crippen molar-refractivity contribution < 1.29 is 19.4 Å². The van der Waals surface area contributed by atoms with Crippen molar-refractivity contribution in [3.8, 4) is 0 Å². The minimum Gasteiger partial charge on any atom is -0.481 e. The molecule has 6 nitrogen and oxygen atoms in total. The summed E-state index contributed by atoms with van der Waals surface area (Å²) in [4.78, 5) is 24.2. The second kappa shape index (κ2) is 7.99. The quantitative estimate of drug-likeness (QED) is 0.732. The van der Waals surface area contributed by atoms with Crippen molar-refractivity contribution in [3.05, 3.63) is 0 Å². The zero-order valence-corrected chi connectivity index (χ0v) is 11.7. The Kier molecular flexibility index (Phi) is 6.62. The Balaban J connectivity index is 2.21. The normalized spacial score (nSPS) is 20.3. The number of hydrogen-bond donors (Lipinski definition) is 2. The summed E-state index contributed by atoms with van der Waals surface area (Å²) in [6.45, 7) is 4.10. The van der Waals surface area contributed by atoms with Crippen LogP contribution in [0.2, 0.25) is 0 Å². The Morgan fingerprint density at radius 3 is 2.89 bits per heavy atom. The van der Waals surface area contributed by atoms with E-state index in [2.05, 4.69) is 5.32 Å². The molecule has 19 heavy (non-hydrogen) atoms. The first-order chi connectivity index (χ1) is 9.02. The maximum absolute atomic E-state index is 12.0. The van der Waals surface area contributed by atoms with E-state index in [4.69, 9.17) is 9.84 Å². The summed E-state index contributed by atoms with van der Waals surface area (Å²) in [5, 5.41) is 11.5. The third-order valence-electron chi connectivity index (χ3n) is 3.37. The van der Waals surface area contributed by atoms with E-state index in [0.717, 1.165) is 19.5 Å². The Hall–Kier alpha value is -1.30. The van der Waals surface area contributed by atoms with Crippen LogP contribution in [0.3, 0.4) is 0 Å². The van der Waals surface area contributed by atoms with E-state index in [1.807, 2.05) is 6.92 Å². The van der Waals surface area contributed by atoms with E-state index in [9.17, 15) is 9.59 Å². The predicted octanol–water partition coefficient (Wildman–Crippen LogP) is 1.31. The topological polar surface area (TPSA) is 78.9 Å². The first-order valence-electron chi connectivity index (χ1n) is 6.79. The lowest BCUT2D eigenvalue weighted by atomic mass is 10.1. The van der Waals surface area contributed by atoms with Gasteiger partial charge < -0.3 is 20.1 Å². The molecule has 0 aromatic heterocycles. The number of ether oxygens (including phenoxy) is 1. The highest BCUT2D eigenvalue weighted by molar-refractivity contribution is 5.74. The number of nitrogens with zero attached hydrogens (tertiary/aromatic N) is 1. The van der Waals surface area contributed by atoms with Gasteiger partial charge in [0.15, 0.2) is 0 Å². The van der Waals surface area contributed by atoms with Gasteiger partial charge in [-0.05, 0) is 26.2 Å². The summed E-state index contributed by atoms with van der Waals surface area (Å²) < 4.78 is 5.10. The molecular weight excluding hydrogens is 248 g/mol. The van der Waals surface area contributed by atoms with Crippen molar-refractivity contribution in [1.82, 2.24) is 10.2 Å². The average molecular weight is 272 g/mol. The van der Waals surface area contributed by atoms with Crippen LogP contribution in [0, 0.1) is 5.92 Å². The van der Waals surface area contributed by atoms with Crippen LogP contribution in [-0.2, 0) is 9.53 Å². The number of rotatable bonds is 7. The van der Waals surface area contributed by atoms with Crippen molar-refractivity contribution >= 4 is 12.0 Å². The van der Waals surface area contributed by atoms with Crippen molar-refractivity contribution in [3.63, 3.8) is 0 Å². The monoisotopic (exact) mass is 272 g/mol. The highest BCUT2D eigenvalue weighted by Gasteiger charge is 2.26. The van der Waals surface area contributed by atoms with Gasteiger partial charge in [0.2, 0.25) is 0 Å². The van der Waals surface area contributed by atoms with Gasteiger partial charge in [-0.25, -0.2) is 4.79 Å². The minimum atomic E-state index is -0.791. The number of aliphatic carboxylic acids is 1. The molecule has 6 heteroatoms. The summed E-state index contributed by atoms with van der Waals surface area (Å²) >= 11 is 0. The first kappa shape index (κ1) is 15.8. The van der Waals surface area contributed by atoms with Crippen molar-refractivity contribution in [1.29, 1.82) is 0 Å². The van der Waals surface area contributed by atoms with Crippen LogP contribution in [0.25, 0.3) is 0 Å². The van der Waals surface area contributed by atoms with Gasteiger partial charge in [-0.15, -0.1) is 0 Å². The molecule has 0 aromatic rings. The molecule has 1 aliphatic rings. The van der Waals surface area contributed by atoms with E-state index in [0.29, 0.717) is 25.4 Å². The smallest absolute Gasteiger partial charge is 0.317 e. The highest BCUT2D eigenvalue weighted by Crippen LogP contribution is 2.16. The van der Waals surface area contributed by atoms with E-state index in [1.165, 1.54) is 0 Å². The molecule has 1 rings (SSSR count). The van der Waals surface area contributed by atoms with Crippen LogP contribution in [0.15, 0.2) is 0 Å². The molecule has 2 amide bonds. The molecule has 1 saturated heterocycles. The molecule has 2 N–H and O–H groups in total. The summed E-state index contributed by atoms with van der Waals surface area (Å²) in [7, 11) is 1.67. The third-order valence-corrected chi connectivity index (χ3v) is 3.37. The summed E-state index contributed by atoms with van der Waals surface area (Å²) in [5.74, 6) is -0.362. The second-order valence-corrected chi connectivity index (χ2v) is 5.19. The van der Waals surface area contributed by atoms with Crippen LogP contribution in [0.1, 0.15) is 32.6 Å². The number of carbonyl (C=O) groups excluding carboxylic acids is 1. The fourth-order valence-electron chi connectivity index (χ4n) is 2.32. The molecule has 0 bridgehead atoms. The van der Waals surface area contributed by atoms with Gasteiger partial charge in [0.05, 0.1) is 6.61 Å². The van der Waals surface area contributed by atoms with Gasteiger partial charge in [-0.1, -0.05) is 0 Å². The Labute approximate surface area is 114 Å². The molecule has 2 atom stereocenters. The summed E-state index contributed by atoms with van der Waals surface area (Å²) in [6, 6.07) is -0.0465. The molecule has 0 aliphatic carbocycles. The number of hydrogen-bond acceptors (Lipinski definition) is 3. The van der Waals surface area contributed by atoms with Crippen LogP contribution in [0.4, 0.5) is 4.79 Å². The van der Waals surface area contributed by atoms with Gasteiger partial charge in [0.25, 0.3) is 0 Å². The number of nitrogens with one attached hydrogen (secondary N) is 1. The molecule has 0 radical (unpaired) electrons. The molecule has 1 aliphatic heterocycles. The minimum absolute atomic E-state index is 0.00771. The van der Waals surface area contributed by atoms with Gasteiger partial charge in [0, 0.05) is 38.6 Å². The Morgan fingerprint density at radius 2 is 2.26 bits per heavy atom. The molecule has 110 valence electrons. The molecule has 1 fully saturated rings. The standard InChI is InChI=1S/C13H24N2O4/c1-10(4-3-5-12(16)17)14-13(18)15-7-6-11(8-15)9-19-2/h10-11H,3-9H2,1-2H3,(H,14,18)(H,16,17). The van der Waals surface area contributed by atoms with Crippen molar-refractivity contribution in [2.75, 3.05) is 26.8 Å². The van der Waals surface area contributed by atoms with Gasteiger partial charge in [-0.2, -0.15) is 0 Å². The van der Waals surface area contributed by atoms with Gasteiger partial charge in [-0.3, -0.25) is 4.79 Å². The predicted molar refractivity (Wildman–Crippen MR) is 71.0 cm³/mol. The van der Waals surface area contributed by atoms with Crippen molar-refractivity contribution in [2.45, 2.75) is 38.6 Å². The van der Waals surface area contributed by atoms with Crippen LogP contribution in [0.5, 0.6) is 0 Å². The van der Waals surface area contributed by atoms with Crippen LogP contribution < -0.4 is 5.32 Å². The number of urea groups is 1. The number of methoxy groups -OCH3 is 1.